The lowest BCUT2D eigenvalue weighted by atomic mass is 10.00. The van der Waals surface area contributed by atoms with Gasteiger partial charge in [0.05, 0.1) is 45.5 Å². The highest BCUT2D eigenvalue weighted by atomic mass is 15.0. The first-order valence-electron chi connectivity index (χ1n) is 14.1. The van der Waals surface area contributed by atoms with Crippen molar-refractivity contribution in [3.63, 3.8) is 0 Å². The molecular formula is C39H26N4. The number of benzene rings is 5. The molecule has 0 unspecified atom stereocenters. The van der Waals surface area contributed by atoms with Crippen molar-refractivity contribution in [1.82, 2.24) is 9.13 Å². The molecule has 0 bridgehead atoms. The predicted octanol–water partition coefficient (Wildman–Crippen LogP) is 9.81. The molecule has 0 amide bonds. The van der Waals surface area contributed by atoms with Gasteiger partial charge < -0.3 is 9.13 Å². The number of hydrogen-bond acceptors (Lipinski definition) is 2. The average Bonchev–Trinajstić information content (AvgIpc) is 3.56. The minimum atomic E-state index is 0.620. The van der Waals surface area contributed by atoms with Crippen LogP contribution in [0.15, 0.2) is 122 Å². The minimum absolute atomic E-state index is 0.620. The summed E-state index contributed by atoms with van der Waals surface area (Å²) in [7, 11) is 0. The Labute approximate surface area is 249 Å². The molecule has 2 heterocycles. The van der Waals surface area contributed by atoms with E-state index in [0.29, 0.717) is 11.1 Å². The number of nitrogens with zero attached hydrogens (tertiary/aromatic N) is 4. The van der Waals surface area contributed by atoms with Crippen molar-refractivity contribution in [3.05, 3.63) is 144 Å². The van der Waals surface area contributed by atoms with E-state index >= 15 is 0 Å². The summed E-state index contributed by atoms with van der Waals surface area (Å²) in [5.41, 5.74) is 10.7. The maximum atomic E-state index is 9.54. The number of nitriles is 2. The van der Waals surface area contributed by atoms with Crippen LogP contribution in [0.4, 0.5) is 0 Å². The van der Waals surface area contributed by atoms with Crippen LogP contribution in [0.25, 0.3) is 67.4 Å². The summed E-state index contributed by atoms with van der Waals surface area (Å²) in [6.45, 7) is 6.17. The summed E-state index contributed by atoms with van der Waals surface area (Å²) >= 11 is 0. The second kappa shape index (κ2) is 10.4. The van der Waals surface area contributed by atoms with E-state index in [0.717, 1.165) is 66.5 Å². The van der Waals surface area contributed by atoms with Gasteiger partial charge in [0.25, 0.3) is 0 Å². The fourth-order valence-electron chi connectivity index (χ4n) is 6.19. The molecule has 5 aromatic carbocycles. The van der Waals surface area contributed by atoms with E-state index in [1.807, 2.05) is 67.6 Å². The molecule has 0 radical (unpaired) electrons. The summed E-state index contributed by atoms with van der Waals surface area (Å²) < 4.78 is 4.43. The molecule has 0 aliphatic heterocycles. The predicted molar refractivity (Wildman–Crippen MR) is 177 cm³/mol. The standard InChI is InChI=1S/C39H26N4/c1-3-9-36-32(4-2)34-22-28(16-18-38(34)42(36)30-12-7-10-26(20-30)24-40)29-17-19-39-35(23-29)33-14-5-6-15-37(33)43(39)31-13-8-11-27(21-31)25-41/h3-23H,2H2,1H3/b9-3-. The normalized spacial score (nSPS) is 11.3. The number of hydrogen-bond donors (Lipinski definition) is 0. The number of para-hydroxylation sites is 1. The molecule has 202 valence electrons. The highest BCUT2D eigenvalue weighted by Crippen LogP contribution is 2.38. The van der Waals surface area contributed by atoms with Crippen LogP contribution in [0.5, 0.6) is 0 Å². The highest BCUT2D eigenvalue weighted by Gasteiger charge is 2.18. The van der Waals surface area contributed by atoms with Crippen molar-refractivity contribution in [3.8, 4) is 34.6 Å². The summed E-state index contributed by atoms with van der Waals surface area (Å²) in [4.78, 5) is 0. The molecule has 7 rings (SSSR count). The van der Waals surface area contributed by atoms with Gasteiger partial charge in [-0.25, -0.2) is 0 Å². The Balaban J connectivity index is 1.45. The van der Waals surface area contributed by atoms with Crippen molar-refractivity contribution in [2.24, 2.45) is 0 Å². The smallest absolute Gasteiger partial charge is 0.0992 e. The van der Waals surface area contributed by atoms with E-state index in [1.54, 1.807) is 0 Å². The number of aromatic nitrogens is 2. The summed E-state index contributed by atoms with van der Waals surface area (Å²) in [5.74, 6) is 0. The van der Waals surface area contributed by atoms with Crippen molar-refractivity contribution in [2.45, 2.75) is 6.92 Å². The average molecular weight is 551 g/mol. The van der Waals surface area contributed by atoms with E-state index < -0.39 is 0 Å². The van der Waals surface area contributed by atoms with Gasteiger partial charge >= 0.3 is 0 Å². The summed E-state index contributed by atoms with van der Waals surface area (Å²) in [5, 5.41) is 22.5. The number of allylic oxidation sites excluding steroid dienone is 1. The van der Waals surface area contributed by atoms with Crippen LogP contribution in [0.1, 0.15) is 29.3 Å². The molecule has 7 aromatic rings. The molecule has 0 N–H and O–H groups in total. The Morgan fingerprint density at radius 2 is 1.19 bits per heavy atom. The molecule has 4 nitrogen and oxygen atoms in total. The first-order valence-corrected chi connectivity index (χ1v) is 14.1. The van der Waals surface area contributed by atoms with Gasteiger partial charge in [-0.2, -0.15) is 10.5 Å². The summed E-state index contributed by atoms with van der Waals surface area (Å²) in [6.07, 6.45) is 6.04. The van der Waals surface area contributed by atoms with Crippen LogP contribution in [-0.2, 0) is 0 Å². The van der Waals surface area contributed by atoms with Gasteiger partial charge in [-0.3, -0.25) is 0 Å². The lowest BCUT2D eigenvalue weighted by molar-refractivity contribution is 1.10. The van der Waals surface area contributed by atoms with Crippen LogP contribution in [-0.4, -0.2) is 9.13 Å². The molecule has 0 fully saturated rings. The van der Waals surface area contributed by atoms with E-state index in [9.17, 15) is 10.5 Å². The Kier molecular flexibility index (Phi) is 6.24. The van der Waals surface area contributed by atoms with Gasteiger partial charge in [-0.1, -0.05) is 61.2 Å². The van der Waals surface area contributed by atoms with Crippen molar-refractivity contribution < 1.29 is 0 Å². The number of rotatable bonds is 5. The van der Waals surface area contributed by atoms with Crippen LogP contribution >= 0.6 is 0 Å². The van der Waals surface area contributed by atoms with E-state index in [2.05, 4.69) is 94.6 Å². The van der Waals surface area contributed by atoms with Crippen LogP contribution in [0.2, 0.25) is 0 Å². The monoisotopic (exact) mass is 550 g/mol. The lowest BCUT2D eigenvalue weighted by Crippen LogP contribution is -1.97. The maximum absolute atomic E-state index is 9.54. The molecule has 0 atom stereocenters. The molecule has 43 heavy (non-hydrogen) atoms. The zero-order valence-electron chi connectivity index (χ0n) is 23.6. The first kappa shape index (κ1) is 25.8. The summed E-state index contributed by atoms with van der Waals surface area (Å²) in [6, 6.07) is 41.5. The van der Waals surface area contributed by atoms with E-state index in [4.69, 9.17) is 0 Å². The van der Waals surface area contributed by atoms with E-state index in [-0.39, 0.29) is 0 Å². The third kappa shape index (κ3) is 4.13. The highest BCUT2D eigenvalue weighted by molar-refractivity contribution is 6.10. The Bertz CT molecular complexity index is 2350. The van der Waals surface area contributed by atoms with Gasteiger partial charge in [-0.15, -0.1) is 0 Å². The zero-order chi connectivity index (χ0) is 29.5. The topological polar surface area (TPSA) is 57.4 Å². The van der Waals surface area contributed by atoms with Crippen LogP contribution in [0.3, 0.4) is 0 Å². The molecule has 0 spiro atoms. The van der Waals surface area contributed by atoms with Gasteiger partial charge in [0, 0.05) is 33.1 Å². The maximum Gasteiger partial charge on any atom is 0.0992 e. The van der Waals surface area contributed by atoms with Crippen LogP contribution in [0, 0.1) is 22.7 Å². The van der Waals surface area contributed by atoms with Crippen molar-refractivity contribution >= 4 is 44.9 Å². The SMILES string of the molecule is C=Cc1c(/C=C\C)n(-c2cccc(C#N)c2)c2ccc(-c3ccc4c(c3)c3ccccc3n4-c3cccc(C#N)c3)cc12. The molecule has 4 heteroatoms. The van der Waals surface area contributed by atoms with E-state index in [1.165, 1.54) is 0 Å². The fraction of sp³-hybridized carbons (Fsp3) is 0.0256. The number of fused-ring (bicyclic) bond motifs is 4. The molecule has 0 saturated carbocycles. The third-order valence-electron chi connectivity index (χ3n) is 8.05. The second-order valence-corrected chi connectivity index (χ2v) is 10.5. The Morgan fingerprint density at radius 3 is 1.81 bits per heavy atom. The van der Waals surface area contributed by atoms with Crippen molar-refractivity contribution in [1.29, 1.82) is 10.5 Å². The second-order valence-electron chi connectivity index (χ2n) is 10.5. The fourth-order valence-corrected chi connectivity index (χ4v) is 6.19. The zero-order valence-corrected chi connectivity index (χ0v) is 23.6. The lowest BCUT2D eigenvalue weighted by Gasteiger charge is -2.10. The van der Waals surface area contributed by atoms with Gasteiger partial charge in [-0.05, 0) is 90.9 Å². The molecule has 0 saturated heterocycles. The third-order valence-corrected chi connectivity index (χ3v) is 8.05. The van der Waals surface area contributed by atoms with Gasteiger partial charge in [0.15, 0.2) is 0 Å². The Morgan fingerprint density at radius 1 is 0.605 bits per heavy atom. The Hall–Kier alpha value is -6.10. The minimum Gasteiger partial charge on any atom is -0.309 e. The first-order chi connectivity index (χ1) is 21.1. The van der Waals surface area contributed by atoms with Crippen molar-refractivity contribution in [2.75, 3.05) is 0 Å². The van der Waals surface area contributed by atoms with Gasteiger partial charge in [0.1, 0.15) is 0 Å². The molecule has 2 aromatic heterocycles. The van der Waals surface area contributed by atoms with Gasteiger partial charge in [0.2, 0.25) is 0 Å². The molecule has 0 aliphatic carbocycles. The van der Waals surface area contributed by atoms with Crippen LogP contribution < -0.4 is 0 Å². The quantitative estimate of drug-likeness (QED) is 0.214. The largest absolute Gasteiger partial charge is 0.309 e. The molecule has 0 aliphatic rings. The molecular weight excluding hydrogens is 524 g/mol.